The lowest BCUT2D eigenvalue weighted by atomic mass is 10.1. The Morgan fingerprint density at radius 2 is 2.12 bits per heavy atom. The predicted octanol–water partition coefficient (Wildman–Crippen LogP) is 2.23. The Morgan fingerprint density at radius 1 is 1.35 bits per heavy atom. The molecule has 1 atom stereocenters. The van der Waals surface area contributed by atoms with E-state index in [0.29, 0.717) is 12.5 Å². The molecule has 2 rings (SSSR count). The van der Waals surface area contributed by atoms with Gasteiger partial charge in [-0.25, -0.2) is 4.39 Å². The van der Waals surface area contributed by atoms with Crippen LogP contribution in [0.5, 0.6) is 0 Å². The summed E-state index contributed by atoms with van der Waals surface area (Å²) in [6.07, 6.45) is 1.11. The lowest BCUT2D eigenvalue weighted by Crippen LogP contribution is -2.24. The maximum absolute atomic E-state index is 12.7. The SMILES string of the molecule is OCC1CCN(CCSc2ccc(F)cc2)C1. The minimum Gasteiger partial charge on any atom is -0.396 e. The molecule has 2 nitrogen and oxygen atoms in total. The summed E-state index contributed by atoms with van der Waals surface area (Å²) >= 11 is 1.75. The van der Waals surface area contributed by atoms with Gasteiger partial charge in [-0.05, 0) is 43.1 Å². The average Bonchev–Trinajstić information content (AvgIpc) is 2.80. The molecular weight excluding hydrogens is 237 g/mol. The van der Waals surface area contributed by atoms with E-state index >= 15 is 0 Å². The molecule has 1 aliphatic heterocycles. The van der Waals surface area contributed by atoms with Crippen LogP contribution in [0.15, 0.2) is 29.2 Å². The number of halogens is 1. The zero-order valence-electron chi connectivity index (χ0n) is 9.81. The number of hydrogen-bond donors (Lipinski definition) is 1. The van der Waals surface area contributed by atoms with Gasteiger partial charge in [-0.1, -0.05) is 0 Å². The van der Waals surface area contributed by atoms with Crippen molar-refractivity contribution >= 4 is 11.8 Å². The molecule has 0 aromatic heterocycles. The van der Waals surface area contributed by atoms with Gasteiger partial charge in [0.05, 0.1) is 0 Å². The molecule has 0 saturated carbocycles. The van der Waals surface area contributed by atoms with Gasteiger partial charge < -0.3 is 10.0 Å². The summed E-state index contributed by atoms with van der Waals surface area (Å²) in [5.74, 6) is 1.30. The van der Waals surface area contributed by atoms with E-state index in [-0.39, 0.29) is 5.82 Å². The van der Waals surface area contributed by atoms with Gasteiger partial charge in [-0.3, -0.25) is 0 Å². The third-order valence-electron chi connectivity index (χ3n) is 3.12. The van der Waals surface area contributed by atoms with E-state index in [0.717, 1.165) is 36.7 Å². The van der Waals surface area contributed by atoms with E-state index in [1.165, 1.54) is 12.1 Å². The smallest absolute Gasteiger partial charge is 0.123 e. The Kier molecular flexibility index (Phi) is 4.83. The first kappa shape index (κ1) is 12.9. The van der Waals surface area contributed by atoms with E-state index < -0.39 is 0 Å². The van der Waals surface area contributed by atoms with Crippen molar-refractivity contribution in [2.75, 3.05) is 32.0 Å². The zero-order valence-corrected chi connectivity index (χ0v) is 10.6. The molecule has 1 unspecified atom stereocenters. The fourth-order valence-corrected chi connectivity index (χ4v) is 3.00. The molecule has 1 fully saturated rings. The first-order valence-electron chi connectivity index (χ1n) is 5.99. The Hall–Kier alpha value is -0.580. The van der Waals surface area contributed by atoms with Gasteiger partial charge in [0.15, 0.2) is 0 Å². The van der Waals surface area contributed by atoms with Crippen molar-refractivity contribution in [2.45, 2.75) is 11.3 Å². The minimum absolute atomic E-state index is 0.181. The van der Waals surface area contributed by atoms with Crippen molar-refractivity contribution in [2.24, 2.45) is 5.92 Å². The summed E-state index contributed by atoms with van der Waals surface area (Å²) in [4.78, 5) is 3.50. The Morgan fingerprint density at radius 3 is 2.76 bits per heavy atom. The summed E-state index contributed by atoms with van der Waals surface area (Å²) in [7, 11) is 0. The largest absolute Gasteiger partial charge is 0.396 e. The topological polar surface area (TPSA) is 23.5 Å². The molecule has 1 aromatic carbocycles. The van der Waals surface area contributed by atoms with Crippen molar-refractivity contribution in [3.05, 3.63) is 30.1 Å². The van der Waals surface area contributed by atoms with Crippen LogP contribution in [-0.2, 0) is 0 Å². The molecule has 1 heterocycles. The third kappa shape index (κ3) is 3.98. The highest BCUT2D eigenvalue weighted by Gasteiger charge is 2.20. The van der Waals surface area contributed by atoms with Gasteiger partial charge >= 0.3 is 0 Å². The number of rotatable bonds is 5. The molecule has 94 valence electrons. The Labute approximate surface area is 106 Å². The van der Waals surface area contributed by atoms with E-state index in [9.17, 15) is 4.39 Å². The highest BCUT2D eigenvalue weighted by molar-refractivity contribution is 7.99. The summed E-state index contributed by atoms with van der Waals surface area (Å²) in [5, 5.41) is 9.05. The molecule has 4 heteroatoms. The normalized spacial score (nSPS) is 20.9. The number of benzene rings is 1. The van der Waals surface area contributed by atoms with Crippen molar-refractivity contribution in [3.63, 3.8) is 0 Å². The monoisotopic (exact) mass is 255 g/mol. The highest BCUT2D eigenvalue weighted by atomic mass is 32.2. The third-order valence-corrected chi connectivity index (χ3v) is 4.11. The van der Waals surface area contributed by atoms with Gasteiger partial charge in [0.1, 0.15) is 5.82 Å². The van der Waals surface area contributed by atoms with Crippen LogP contribution in [0.3, 0.4) is 0 Å². The van der Waals surface area contributed by atoms with E-state index in [1.807, 2.05) is 12.1 Å². The lowest BCUT2D eigenvalue weighted by molar-refractivity contribution is 0.224. The lowest BCUT2D eigenvalue weighted by Gasteiger charge is -2.14. The van der Waals surface area contributed by atoms with Crippen molar-refractivity contribution in [1.29, 1.82) is 0 Å². The second-order valence-corrected chi connectivity index (χ2v) is 5.61. The maximum atomic E-state index is 12.7. The Balaban J connectivity index is 1.68. The molecular formula is C13H18FNOS. The number of thioether (sulfide) groups is 1. The molecule has 0 aliphatic carbocycles. The van der Waals surface area contributed by atoms with Crippen LogP contribution in [-0.4, -0.2) is 42.0 Å². The van der Waals surface area contributed by atoms with E-state index in [1.54, 1.807) is 11.8 Å². The second kappa shape index (κ2) is 6.38. The zero-order chi connectivity index (χ0) is 12.1. The number of nitrogens with zero attached hydrogens (tertiary/aromatic N) is 1. The Bertz CT molecular complexity index is 344. The number of aliphatic hydroxyl groups excluding tert-OH is 1. The summed E-state index contributed by atoms with van der Waals surface area (Å²) in [6, 6.07) is 6.64. The standard InChI is InChI=1S/C13H18FNOS/c14-12-1-3-13(4-2-12)17-8-7-15-6-5-11(9-15)10-16/h1-4,11,16H,5-10H2. The molecule has 1 aromatic rings. The van der Waals surface area contributed by atoms with Crippen LogP contribution in [0, 0.1) is 11.7 Å². The number of aliphatic hydroxyl groups is 1. The van der Waals surface area contributed by atoms with E-state index in [4.69, 9.17) is 5.11 Å². The molecule has 1 N–H and O–H groups in total. The van der Waals surface area contributed by atoms with E-state index in [2.05, 4.69) is 4.90 Å². The van der Waals surface area contributed by atoms with Gasteiger partial charge in [0.2, 0.25) is 0 Å². The first-order valence-corrected chi connectivity index (χ1v) is 6.98. The molecule has 0 bridgehead atoms. The summed E-state index contributed by atoms with van der Waals surface area (Å²) in [6.45, 7) is 3.45. The van der Waals surface area contributed by atoms with Crippen molar-refractivity contribution in [3.8, 4) is 0 Å². The quantitative estimate of drug-likeness (QED) is 0.816. The minimum atomic E-state index is -0.181. The van der Waals surface area contributed by atoms with Crippen LogP contribution in [0.2, 0.25) is 0 Å². The molecule has 1 saturated heterocycles. The van der Waals surface area contributed by atoms with Crippen molar-refractivity contribution < 1.29 is 9.50 Å². The average molecular weight is 255 g/mol. The fourth-order valence-electron chi connectivity index (χ4n) is 2.09. The van der Waals surface area contributed by atoms with Crippen LogP contribution in [0.4, 0.5) is 4.39 Å². The van der Waals surface area contributed by atoms with Gasteiger partial charge in [0, 0.05) is 30.3 Å². The molecule has 0 radical (unpaired) electrons. The second-order valence-electron chi connectivity index (χ2n) is 4.44. The molecule has 0 amide bonds. The predicted molar refractivity (Wildman–Crippen MR) is 68.8 cm³/mol. The van der Waals surface area contributed by atoms with Gasteiger partial charge in [0.25, 0.3) is 0 Å². The molecule has 1 aliphatic rings. The van der Waals surface area contributed by atoms with Gasteiger partial charge in [-0.15, -0.1) is 11.8 Å². The molecule has 0 spiro atoms. The number of hydrogen-bond acceptors (Lipinski definition) is 3. The molecule has 17 heavy (non-hydrogen) atoms. The summed E-state index contributed by atoms with van der Waals surface area (Å²) < 4.78 is 12.7. The van der Waals surface area contributed by atoms with Crippen LogP contribution >= 0.6 is 11.8 Å². The van der Waals surface area contributed by atoms with Crippen LogP contribution in [0.25, 0.3) is 0 Å². The van der Waals surface area contributed by atoms with Crippen molar-refractivity contribution in [1.82, 2.24) is 4.90 Å². The van der Waals surface area contributed by atoms with Crippen LogP contribution < -0.4 is 0 Å². The highest BCUT2D eigenvalue weighted by Crippen LogP contribution is 2.20. The fraction of sp³-hybridized carbons (Fsp3) is 0.538. The number of likely N-dealkylation sites (tertiary alicyclic amines) is 1. The van der Waals surface area contributed by atoms with Gasteiger partial charge in [-0.2, -0.15) is 0 Å². The summed E-state index contributed by atoms with van der Waals surface area (Å²) in [5.41, 5.74) is 0. The first-order chi connectivity index (χ1) is 8.28. The maximum Gasteiger partial charge on any atom is 0.123 e. The van der Waals surface area contributed by atoms with Crippen LogP contribution in [0.1, 0.15) is 6.42 Å².